The molecule has 0 bridgehead atoms. The van der Waals surface area contributed by atoms with E-state index in [9.17, 15) is 5.11 Å². The van der Waals surface area contributed by atoms with Crippen LogP contribution in [0.25, 0.3) is 0 Å². The van der Waals surface area contributed by atoms with Crippen LogP contribution in [0.1, 0.15) is 46.5 Å². The first-order valence-electron chi connectivity index (χ1n) is 5.43. The second-order valence-electron chi connectivity index (χ2n) is 4.52. The molecule has 0 aromatic heterocycles. The molecule has 0 radical (unpaired) electrons. The summed E-state index contributed by atoms with van der Waals surface area (Å²) in [5.41, 5.74) is 0. The first kappa shape index (κ1) is 11.0. The van der Waals surface area contributed by atoms with Crippen LogP contribution < -0.4 is 0 Å². The van der Waals surface area contributed by atoms with Gasteiger partial charge in [0.2, 0.25) is 0 Å². The Morgan fingerprint density at radius 3 is 2.08 bits per heavy atom. The molecular formula is C11H22O2. The smallest absolute Gasteiger partial charge is 0.0580 e. The molecule has 0 heterocycles. The fourth-order valence-corrected chi connectivity index (χ4v) is 1.64. The summed E-state index contributed by atoms with van der Waals surface area (Å²) in [6, 6.07) is 0. The van der Waals surface area contributed by atoms with Gasteiger partial charge in [-0.25, -0.2) is 0 Å². The molecule has 13 heavy (non-hydrogen) atoms. The van der Waals surface area contributed by atoms with Gasteiger partial charge in [0.1, 0.15) is 0 Å². The highest BCUT2D eigenvalue weighted by Gasteiger charge is 2.22. The third kappa shape index (κ3) is 3.65. The lowest BCUT2D eigenvalue weighted by molar-refractivity contribution is -0.0569. The van der Waals surface area contributed by atoms with Gasteiger partial charge in [0, 0.05) is 0 Å². The van der Waals surface area contributed by atoms with E-state index in [1.165, 1.54) is 0 Å². The number of rotatable bonds is 3. The average molecular weight is 186 g/mol. The van der Waals surface area contributed by atoms with Gasteiger partial charge >= 0.3 is 0 Å². The average Bonchev–Trinajstić information content (AvgIpc) is 2.08. The maximum Gasteiger partial charge on any atom is 0.0580 e. The Labute approximate surface area is 81.3 Å². The molecule has 0 aromatic rings. The van der Waals surface area contributed by atoms with Crippen molar-refractivity contribution in [3.05, 3.63) is 0 Å². The van der Waals surface area contributed by atoms with Gasteiger partial charge in [0.05, 0.1) is 18.3 Å². The first-order chi connectivity index (χ1) is 6.09. The van der Waals surface area contributed by atoms with Crippen molar-refractivity contribution in [3.8, 4) is 0 Å². The Morgan fingerprint density at radius 1 is 1.08 bits per heavy atom. The number of hydrogen-bond donors (Lipinski definition) is 1. The molecule has 2 nitrogen and oxygen atoms in total. The van der Waals surface area contributed by atoms with Gasteiger partial charge in [-0.3, -0.25) is 0 Å². The van der Waals surface area contributed by atoms with Crippen molar-refractivity contribution >= 4 is 0 Å². The molecule has 0 amide bonds. The quantitative estimate of drug-likeness (QED) is 0.733. The molecular weight excluding hydrogens is 164 g/mol. The van der Waals surface area contributed by atoms with Crippen LogP contribution in [-0.2, 0) is 4.74 Å². The zero-order valence-corrected chi connectivity index (χ0v) is 8.99. The van der Waals surface area contributed by atoms with E-state index in [-0.39, 0.29) is 6.10 Å². The highest BCUT2D eigenvalue weighted by atomic mass is 16.5. The zero-order valence-electron chi connectivity index (χ0n) is 8.99. The van der Waals surface area contributed by atoms with Crippen molar-refractivity contribution in [2.24, 2.45) is 5.92 Å². The molecule has 1 aliphatic rings. The molecule has 1 atom stereocenters. The standard InChI is InChI=1S/C11H22O2/c1-8(2)9(3)13-11-6-4-10(12)5-7-11/h8-12H,4-7H2,1-3H3/t9-,10?,11?/m1/s1. The predicted molar refractivity (Wildman–Crippen MR) is 53.6 cm³/mol. The van der Waals surface area contributed by atoms with Crippen molar-refractivity contribution < 1.29 is 9.84 Å². The van der Waals surface area contributed by atoms with E-state index in [1.807, 2.05) is 0 Å². The van der Waals surface area contributed by atoms with Crippen molar-refractivity contribution in [1.82, 2.24) is 0 Å². The summed E-state index contributed by atoms with van der Waals surface area (Å²) in [4.78, 5) is 0. The monoisotopic (exact) mass is 186 g/mol. The lowest BCUT2D eigenvalue weighted by atomic mass is 9.95. The summed E-state index contributed by atoms with van der Waals surface area (Å²) >= 11 is 0. The molecule has 1 aliphatic carbocycles. The Bertz CT molecular complexity index is 137. The SMILES string of the molecule is CC(C)[C@@H](C)OC1CCC(O)CC1. The van der Waals surface area contributed by atoms with Gasteiger partial charge in [0.15, 0.2) is 0 Å². The summed E-state index contributed by atoms with van der Waals surface area (Å²) in [5.74, 6) is 0.590. The van der Waals surface area contributed by atoms with Crippen molar-refractivity contribution in [1.29, 1.82) is 0 Å². The second kappa shape index (κ2) is 4.97. The molecule has 2 heteroatoms. The van der Waals surface area contributed by atoms with E-state index in [1.54, 1.807) is 0 Å². The fraction of sp³-hybridized carbons (Fsp3) is 1.00. The van der Waals surface area contributed by atoms with E-state index < -0.39 is 0 Å². The van der Waals surface area contributed by atoms with Crippen molar-refractivity contribution in [2.75, 3.05) is 0 Å². The molecule has 1 fully saturated rings. The summed E-state index contributed by atoms with van der Waals surface area (Å²) < 4.78 is 5.89. The third-order valence-electron chi connectivity index (χ3n) is 2.99. The van der Waals surface area contributed by atoms with Crippen LogP contribution in [-0.4, -0.2) is 23.4 Å². The largest absolute Gasteiger partial charge is 0.393 e. The summed E-state index contributed by atoms with van der Waals surface area (Å²) in [7, 11) is 0. The van der Waals surface area contributed by atoms with E-state index in [0.717, 1.165) is 25.7 Å². The molecule has 0 saturated heterocycles. The highest BCUT2D eigenvalue weighted by Crippen LogP contribution is 2.23. The first-order valence-corrected chi connectivity index (χ1v) is 5.43. The van der Waals surface area contributed by atoms with Crippen LogP contribution in [0.2, 0.25) is 0 Å². The summed E-state index contributed by atoms with van der Waals surface area (Å²) in [5, 5.41) is 9.31. The third-order valence-corrected chi connectivity index (χ3v) is 2.99. The topological polar surface area (TPSA) is 29.5 Å². The van der Waals surface area contributed by atoms with Crippen molar-refractivity contribution in [2.45, 2.75) is 64.8 Å². The van der Waals surface area contributed by atoms with E-state index in [0.29, 0.717) is 18.1 Å². The lowest BCUT2D eigenvalue weighted by Crippen LogP contribution is -2.29. The minimum absolute atomic E-state index is 0.0748. The van der Waals surface area contributed by atoms with Gasteiger partial charge in [-0.2, -0.15) is 0 Å². The van der Waals surface area contributed by atoms with Gasteiger partial charge in [-0.05, 0) is 38.5 Å². The molecule has 78 valence electrons. The molecule has 1 rings (SSSR count). The summed E-state index contributed by atoms with van der Waals surface area (Å²) in [6.07, 6.45) is 4.54. The molecule has 0 spiro atoms. The maximum absolute atomic E-state index is 9.31. The normalized spacial score (nSPS) is 32.1. The molecule has 0 aromatic carbocycles. The van der Waals surface area contributed by atoms with Crippen LogP contribution >= 0.6 is 0 Å². The van der Waals surface area contributed by atoms with Gasteiger partial charge < -0.3 is 9.84 Å². The Morgan fingerprint density at radius 2 is 1.62 bits per heavy atom. The van der Waals surface area contributed by atoms with Crippen LogP contribution in [0.5, 0.6) is 0 Å². The Hall–Kier alpha value is -0.0800. The highest BCUT2D eigenvalue weighted by molar-refractivity contribution is 4.73. The molecule has 1 saturated carbocycles. The second-order valence-corrected chi connectivity index (χ2v) is 4.52. The van der Waals surface area contributed by atoms with Crippen LogP contribution in [0.4, 0.5) is 0 Å². The van der Waals surface area contributed by atoms with Crippen LogP contribution in [0, 0.1) is 5.92 Å². The summed E-state index contributed by atoms with van der Waals surface area (Å²) in [6.45, 7) is 6.50. The molecule has 0 aliphatic heterocycles. The number of ether oxygens (including phenoxy) is 1. The van der Waals surface area contributed by atoms with Crippen molar-refractivity contribution in [3.63, 3.8) is 0 Å². The Balaban J connectivity index is 2.22. The fourth-order valence-electron chi connectivity index (χ4n) is 1.64. The van der Waals surface area contributed by atoms with E-state index in [4.69, 9.17) is 4.74 Å². The van der Waals surface area contributed by atoms with Gasteiger partial charge in [-0.15, -0.1) is 0 Å². The number of aliphatic hydroxyl groups is 1. The maximum atomic E-state index is 9.31. The zero-order chi connectivity index (χ0) is 9.84. The van der Waals surface area contributed by atoms with Gasteiger partial charge in [0.25, 0.3) is 0 Å². The van der Waals surface area contributed by atoms with Gasteiger partial charge in [-0.1, -0.05) is 13.8 Å². The molecule has 0 unspecified atom stereocenters. The Kier molecular flexibility index (Phi) is 4.20. The molecule has 1 N–H and O–H groups in total. The lowest BCUT2D eigenvalue weighted by Gasteiger charge is -2.29. The minimum atomic E-state index is -0.0748. The predicted octanol–water partition coefficient (Wildman–Crippen LogP) is 2.35. The van der Waals surface area contributed by atoms with Crippen LogP contribution in [0.15, 0.2) is 0 Å². The van der Waals surface area contributed by atoms with Crippen LogP contribution in [0.3, 0.4) is 0 Å². The minimum Gasteiger partial charge on any atom is -0.393 e. The van der Waals surface area contributed by atoms with E-state index >= 15 is 0 Å². The number of hydrogen-bond acceptors (Lipinski definition) is 2. The number of aliphatic hydroxyl groups excluding tert-OH is 1. The van der Waals surface area contributed by atoms with E-state index in [2.05, 4.69) is 20.8 Å².